The molecule has 1 aliphatic rings. The summed E-state index contributed by atoms with van der Waals surface area (Å²) >= 11 is 1.66. The Morgan fingerprint density at radius 3 is 2.50 bits per heavy atom. The first-order valence-electron chi connectivity index (χ1n) is 9.43. The minimum atomic E-state index is 0. The molecule has 32 heavy (non-hydrogen) atoms. The molecule has 6 N–H and O–H groups in total. The van der Waals surface area contributed by atoms with Crippen LogP contribution >= 0.6 is 48.6 Å². The van der Waals surface area contributed by atoms with E-state index in [4.69, 9.17) is 4.74 Å². The normalized spacial score (nSPS) is 16.7. The summed E-state index contributed by atoms with van der Waals surface area (Å²) in [7, 11) is 1.73. The van der Waals surface area contributed by atoms with Crippen LogP contribution in [0.4, 0.5) is 0 Å². The van der Waals surface area contributed by atoms with Gasteiger partial charge in [0.05, 0.1) is 7.11 Å². The van der Waals surface area contributed by atoms with E-state index in [1.165, 1.54) is 24.0 Å². The fourth-order valence-electron chi connectivity index (χ4n) is 3.78. The van der Waals surface area contributed by atoms with E-state index in [1.807, 2.05) is 17.6 Å². The Morgan fingerprint density at radius 1 is 1.09 bits per heavy atom. The van der Waals surface area contributed by atoms with Gasteiger partial charge >= 0.3 is 0 Å². The first kappa shape index (κ1) is 32.8. The highest BCUT2D eigenvalue weighted by Gasteiger charge is 2.25. The number of piperidine rings is 1. The largest absolute Gasteiger partial charge is 0.496 e. The highest BCUT2D eigenvalue weighted by Crippen LogP contribution is 2.29. The number of aromatic nitrogens is 1. The zero-order valence-electron chi connectivity index (χ0n) is 17.7. The van der Waals surface area contributed by atoms with Gasteiger partial charge in [-0.15, -0.1) is 48.6 Å². The number of methoxy groups -OCH3 is 1. The van der Waals surface area contributed by atoms with Crippen molar-refractivity contribution >= 4 is 48.6 Å². The van der Waals surface area contributed by atoms with Gasteiger partial charge in [0.2, 0.25) is 0 Å². The number of rotatable bonds is 6. The minimum Gasteiger partial charge on any atom is -0.496 e. The zero-order valence-corrected chi connectivity index (χ0v) is 21.0. The van der Waals surface area contributed by atoms with Crippen molar-refractivity contribution in [1.82, 2.24) is 15.6 Å². The summed E-state index contributed by atoms with van der Waals surface area (Å²) in [6, 6.07) is 17.8. The maximum absolute atomic E-state index is 5.60. The van der Waals surface area contributed by atoms with Crippen LogP contribution in [-0.2, 0) is 6.54 Å². The van der Waals surface area contributed by atoms with Crippen molar-refractivity contribution in [3.05, 3.63) is 71.2 Å². The van der Waals surface area contributed by atoms with Crippen LogP contribution in [-0.4, -0.2) is 35.6 Å². The molecule has 0 spiro atoms. The molecular weight excluding hydrogens is 493 g/mol. The van der Waals surface area contributed by atoms with Crippen LogP contribution < -0.4 is 15.4 Å². The lowest BCUT2D eigenvalue weighted by Gasteiger charge is -2.34. The fourth-order valence-corrected chi connectivity index (χ4v) is 4.41. The molecule has 2 unspecified atom stereocenters. The number of halogens is 3. The third-order valence-electron chi connectivity index (χ3n) is 5.13. The first-order chi connectivity index (χ1) is 13.3. The van der Waals surface area contributed by atoms with Crippen LogP contribution in [0, 0.1) is 0 Å². The number of hydrogen-bond acceptors (Lipinski definition) is 5. The summed E-state index contributed by atoms with van der Waals surface area (Å²) in [6.45, 7) is 1.85. The average Bonchev–Trinajstić information content (AvgIpc) is 3.28. The number of nitrogens with one attached hydrogen (secondary N) is 2. The van der Waals surface area contributed by atoms with Crippen LogP contribution in [0.1, 0.15) is 30.0 Å². The van der Waals surface area contributed by atoms with Crippen LogP contribution in [0.15, 0.2) is 60.1 Å². The monoisotopic (exact) mass is 523 g/mol. The summed E-state index contributed by atoms with van der Waals surface area (Å²) in [5.41, 5.74) is 3.66. The van der Waals surface area contributed by atoms with Gasteiger partial charge in [0.1, 0.15) is 10.8 Å². The Balaban J connectivity index is 0. The second kappa shape index (κ2) is 16.2. The van der Waals surface area contributed by atoms with Gasteiger partial charge in [-0.2, -0.15) is 0 Å². The molecule has 180 valence electrons. The van der Waals surface area contributed by atoms with Gasteiger partial charge in [-0.25, -0.2) is 4.98 Å². The van der Waals surface area contributed by atoms with Crippen molar-refractivity contribution in [3.8, 4) is 16.3 Å². The van der Waals surface area contributed by atoms with Crippen LogP contribution in [0.2, 0.25) is 0 Å². The molecule has 0 aliphatic carbocycles. The standard InChI is InChI=1S/C22H25N3OS.3ClH.2H2O/c1-26-20-10-9-17(22-24-12-13-27-22)14-18(20)15-25-19-8-5-11-23-21(19)16-6-3-2-4-7-16;;;;;/h2-4,6-7,9-10,12-14,19,21,23,25H,5,8,11,15H2,1H3;3*1H;2*1H2. The molecule has 1 fully saturated rings. The molecule has 4 rings (SSSR count). The minimum absolute atomic E-state index is 0. The Kier molecular flexibility index (Phi) is 16.6. The van der Waals surface area contributed by atoms with E-state index in [0.717, 1.165) is 29.4 Å². The zero-order chi connectivity index (χ0) is 18.5. The number of nitrogens with zero attached hydrogens (tertiary/aromatic N) is 1. The Morgan fingerprint density at radius 2 is 1.84 bits per heavy atom. The fraction of sp³-hybridized carbons (Fsp3) is 0.318. The van der Waals surface area contributed by atoms with Crippen molar-refractivity contribution in [2.75, 3.05) is 13.7 Å². The molecule has 2 heterocycles. The molecular formula is C22H32Cl3N3O3S. The molecule has 0 saturated carbocycles. The molecule has 0 bridgehead atoms. The number of hydrogen-bond donors (Lipinski definition) is 2. The van der Waals surface area contributed by atoms with Gasteiger partial charge in [-0.05, 0) is 43.1 Å². The van der Waals surface area contributed by atoms with Crippen molar-refractivity contribution in [2.45, 2.75) is 31.5 Å². The summed E-state index contributed by atoms with van der Waals surface area (Å²) in [4.78, 5) is 4.43. The summed E-state index contributed by atoms with van der Waals surface area (Å²) < 4.78 is 5.60. The topological polar surface area (TPSA) is 109 Å². The molecule has 10 heteroatoms. The molecule has 0 amide bonds. The molecule has 3 aromatic rings. The van der Waals surface area contributed by atoms with Gasteiger partial charge in [-0.3, -0.25) is 0 Å². The van der Waals surface area contributed by atoms with Gasteiger partial charge in [0.15, 0.2) is 0 Å². The van der Waals surface area contributed by atoms with Crippen molar-refractivity contribution < 1.29 is 15.7 Å². The maximum Gasteiger partial charge on any atom is 0.123 e. The van der Waals surface area contributed by atoms with Crippen molar-refractivity contribution in [3.63, 3.8) is 0 Å². The molecule has 1 aliphatic heterocycles. The summed E-state index contributed by atoms with van der Waals surface area (Å²) in [6.07, 6.45) is 4.21. The SMILES string of the molecule is COc1ccc(-c2nccs2)cc1CNC1CCCNC1c1ccccc1.Cl.Cl.Cl.O.O. The van der Waals surface area contributed by atoms with E-state index in [0.29, 0.717) is 12.1 Å². The second-order valence-corrected chi connectivity index (χ2v) is 7.73. The molecule has 2 aromatic carbocycles. The Labute approximate surface area is 212 Å². The van der Waals surface area contributed by atoms with Gasteiger partial charge in [0.25, 0.3) is 0 Å². The van der Waals surface area contributed by atoms with E-state index in [9.17, 15) is 0 Å². The van der Waals surface area contributed by atoms with E-state index in [-0.39, 0.29) is 48.2 Å². The molecule has 1 aromatic heterocycles. The van der Waals surface area contributed by atoms with Gasteiger partial charge < -0.3 is 26.3 Å². The lowest BCUT2D eigenvalue weighted by Crippen LogP contribution is -2.45. The van der Waals surface area contributed by atoms with E-state index >= 15 is 0 Å². The Bertz CT molecular complexity index is 873. The third-order valence-corrected chi connectivity index (χ3v) is 5.95. The second-order valence-electron chi connectivity index (χ2n) is 6.84. The number of thiazole rings is 1. The molecule has 2 atom stereocenters. The van der Waals surface area contributed by atoms with E-state index < -0.39 is 0 Å². The number of benzene rings is 2. The molecule has 1 saturated heterocycles. The average molecular weight is 525 g/mol. The predicted octanol–water partition coefficient (Wildman–Crippen LogP) is 4.02. The predicted molar refractivity (Wildman–Crippen MR) is 140 cm³/mol. The first-order valence-corrected chi connectivity index (χ1v) is 10.3. The third kappa shape index (κ3) is 7.86. The Hall–Kier alpha value is -1.42. The lowest BCUT2D eigenvalue weighted by atomic mass is 9.92. The van der Waals surface area contributed by atoms with Crippen molar-refractivity contribution in [1.29, 1.82) is 0 Å². The van der Waals surface area contributed by atoms with E-state index in [1.54, 1.807) is 18.4 Å². The van der Waals surface area contributed by atoms with Gasteiger partial charge in [-0.1, -0.05) is 30.3 Å². The summed E-state index contributed by atoms with van der Waals surface area (Å²) in [5, 5.41) is 10.5. The van der Waals surface area contributed by atoms with Crippen LogP contribution in [0.3, 0.4) is 0 Å². The quantitative estimate of drug-likeness (QED) is 0.507. The maximum atomic E-state index is 5.60. The highest BCUT2D eigenvalue weighted by molar-refractivity contribution is 7.13. The van der Waals surface area contributed by atoms with Gasteiger partial charge in [0, 0.05) is 41.3 Å². The molecule has 6 nitrogen and oxygen atoms in total. The number of ether oxygens (including phenoxy) is 1. The smallest absolute Gasteiger partial charge is 0.123 e. The van der Waals surface area contributed by atoms with E-state index in [2.05, 4.69) is 58.1 Å². The van der Waals surface area contributed by atoms with Crippen LogP contribution in [0.25, 0.3) is 10.6 Å². The van der Waals surface area contributed by atoms with Crippen molar-refractivity contribution in [2.24, 2.45) is 0 Å². The lowest BCUT2D eigenvalue weighted by molar-refractivity contribution is 0.303. The summed E-state index contributed by atoms with van der Waals surface area (Å²) in [5.74, 6) is 0.919. The van der Waals surface area contributed by atoms with Crippen LogP contribution in [0.5, 0.6) is 5.75 Å². The highest BCUT2D eigenvalue weighted by atomic mass is 35.5. The molecule has 0 radical (unpaired) electrons.